The van der Waals surface area contributed by atoms with Crippen LogP contribution in [-0.2, 0) is 9.53 Å². The molecular weight excluding hydrogens is 296 g/mol. The second kappa shape index (κ2) is 8.45. The van der Waals surface area contributed by atoms with Gasteiger partial charge in [-0.25, -0.2) is 9.59 Å². The molecule has 0 spiro atoms. The molecule has 0 radical (unpaired) electrons. The van der Waals surface area contributed by atoms with E-state index in [0.29, 0.717) is 38.2 Å². The number of nitrogens with one attached hydrogen (secondary N) is 1. The molecule has 0 bridgehead atoms. The van der Waals surface area contributed by atoms with Crippen molar-refractivity contribution in [3.8, 4) is 0 Å². The SMILES string of the molecule is CSCC[C@@H](NC(=O)N(C)CC1(O)CCOCC1)C(=O)O. The molecule has 122 valence electrons. The van der Waals surface area contributed by atoms with Gasteiger partial charge >= 0.3 is 12.0 Å². The van der Waals surface area contributed by atoms with Crippen molar-refractivity contribution in [1.29, 1.82) is 0 Å². The first-order valence-electron chi connectivity index (χ1n) is 6.91. The zero-order valence-corrected chi connectivity index (χ0v) is 13.3. The fraction of sp³-hybridized carbons (Fsp3) is 0.846. The van der Waals surface area contributed by atoms with Gasteiger partial charge in [-0.1, -0.05) is 0 Å². The highest BCUT2D eigenvalue weighted by Gasteiger charge is 2.33. The number of carbonyl (C=O) groups is 2. The molecule has 0 saturated carbocycles. The largest absolute Gasteiger partial charge is 0.480 e. The van der Waals surface area contributed by atoms with Gasteiger partial charge in [0.05, 0.1) is 12.1 Å². The number of amides is 2. The molecular formula is C13H24N2O5S. The molecule has 1 heterocycles. The molecule has 0 unspecified atom stereocenters. The molecule has 3 N–H and O–H groups in total. The average molecular weight is 320 g/mol. The maximum Gasteiger partial charge on any atom is 0.326 e. The van der Waals surface area contributed by atoms with Gasteiger partial charge in [-0.15, -0.1) is 0 Å². The molecule has 1 rings (SSSR count). The Hall–Kier alpha value is -0.990. The van der Waals surface area contributed by atoms with Gasteiger partial charge in [-0.05, 0) is 18.4 Å². The van der Waals surface area contributed by atoms with E-state index in [-0.39, 0.29) is 6.54 Å². The van der Waals surface area contributed by atoms with Crippen molar-refractivity contribution in [3.63, 3.8) is 0 Å². The molecule has 8 heteroatoms. The Labute approximate surface area is 129 Å². The van der Waals surface area contributed by atoms with Gasteiger partial charge in [-0.3, -0.25) is 0 Å². The monoisotopic (exact) mass is 320 g/mol. The molecule has 21 heavy (non-hydrogen) atoms. The smallest absolute Gasteiger partial charge is 0.326 e. The first-order chi connectivity index (χ1) is 9.88. The maximum atomic E-state index is 12.0. The normalized spacial score (nSPS) is 18.8. The van der Waals surface area contributed by atoms with Crippen LogP contribution in [0, 0.1) is 0 Å². The number of urea groups is 1. The highest BCUT2D eigenvalue weighted by Crippen LogP contribution is 2.21. The third kappa shape index (κ3) is 6.11. The fourth-order valence-corrected chi connectivity index (χ4v) is 2.65. The summed E-state index contributed by atoms with van der Waals surface area (Å²) in [5.74, 6) is -0.391. The minimum absolute atomic E-state index is 0.164. The lowest BCUT2D eigenvalue weighted by atomic mass is 9.94. The number of hydrogen-bond donors (Lipinski definition) is 3. The quantitative estimate of drug-likeness (QED) is 0.627. The van der Waals surface area contributed by atoms with Gasteiger partial charge in [0.15, 0.2) is 0 Å². The van der Waals surface area contributed by atoms with Crippen LogP contribution >= 0.6 is 11.8 Å². The number of hydrogen-bond acceptors (Lipinski definition) is 5. The first kappa shape index (κ1) is 18.1. The van der Waals surface area contributed by atoms with Crippen molar-refractivity contribution in [2.75, 3.05) is 38.8 Å². The molecule has 0 aromatic rings. The van der Waals surface area contributed by atoms with Crippen LogP contribution < -0.4 is 5.32 Å². The van der Waals surface area contributed by atoms with Crippen molar-refractivity contribution in [2.45, 2.75) is 30.9 Å². The molecule has 1 atom stereocenters. The summed E-state index contributed by atoms with van der Waals surface area (Å²) in [6.07, 6.45) is 3.20. The third-order valence-corrected chi connectivity index (χ3v) is 4.15. The molecule has 2 amide bonds. The van der Waals surface area contributed by atoms with Crippen molar-refractivity contribution < 1.29 is 24.5 Å². The van der Waals surface area contributed by atoms with Crippen LogP contribution in [0.3, 0.4) is 0 Å². The first-order valence-corrected chi connectivity index (χ1v) is 8.31. The van der Waals surface area contributed by atoms with Gasteiger partial charge in [0.25, 0.3) is 0 Å². The number of nitrogens with zero attached hydrogens (tertiary/aromatic N) is 1. The van der Waals surface area contributed by atoms with Crippen molar-refractivity contribution in [3.05, 3.63) is 0 Å². The number of ether oxygens (including phenoxy) is 1. The van der Waals surface area contributed by atoms with E-state index in [4.69, 9.17) is 9.84 Å². The Balaban J connectivity index is 2.50. The number of carboxylic acids is 1. The lowest BCUT2D eigenvalue weighted by molar-refractivity contribution is -0.139. The lowest BCUT2D eigenvalue weighted by Gasteiger charge is -2.35. The molecule has 7 nitrogen and oxygen atoms in total. The van der Waals surface area contributed by atoms with E-state index in [1.165, 1.54) is 16.7 Å². The van der Waals surface area contributed by atoms with Crippen LogP contribution in [0.25, 0.3) is 0 Å². The summed E-state index contributed by atoms with van der Waals surface area (Å²) >= 11 is 1.53. The summed E-state index contributed by atoms with van der Waals surface area (Å²) in [6.45, 7) is 1.10. The van der Waals surface area contributed by atoms with Gasteiger partial charge in [0.1, 0.15) is 6.04 Å². The highest BCUT2D eigenvalue weighted by molar-refractivity contribution is 7.98. The number of aliphatic hydroxyl groups is 1. The van der Waals surface area contributed by atoms with Crippen LogP contribution in [-0.4, -0.2) is 77.6 Å². The molecule has 1 fully saturated rings. The van der Waals surface area contributed by atoms with E-state index >= 15 is 0 Å². The second-order valence-electron chi connectivity index (χ2n) is 5.31. The number of likely N-dealkylation sites (N-methyl/N-ethyl adjacent to an activating group) is 1. The maximum absolute atomic E-state index is 12.0. The minimum atomic E-state index is -1.05. The standard InChI is InChI=1S/C13H24N2O5S/c1-15(9-13(19)4-6-20-7-5-13)12(18)14-10(11(16)17)3-8-21-2/h10,19H,3-9H2,1-2H3,(H,14,18)(H,16,17)/t10-/m1/s1. The molecule has 1 saturated heterocycles. The predicted molar refractivity (Wildman–Crippen MR) is 80.6 cm³/mol. The summed E-state index contributed by atoms with van der Waals surface area (Å²) in [7, 11) is 1.55. The van der Waals surface area contributed by atoms with Crippen LogP contribution in [0.1, 0.15) is 19.3 Å². The fourth-order valence-electron chi connectivity index (χ4n) is 2.18. The number of carbonyl (C=O) groups excluding carboxylic acids is 1. The molecule has 1 aliphatic heterocycles. The van der Waals surface area contributed by atoms with Crippen molar-refractivity contribution in [1.82, 2.24) is 10.2 Å². The van der Waals surface area contributed by atoms with E-state index in [1.807, 2.05) is 6.26 Å². The van der Waals surface area contributed by atoms with E-state index in [2.05, 4.69) is 5.32 Å². The molecule has 0 aromatic carbocycles. The Kier molecular flexibility index (Phi) is 7.27. The summed E-state index contributed by atoms with van der Waals surface area (Å²) < 4.78 is 5.19. The highest BCUT2D eigenvalue weighted by atomic mass is 32.2. The molecule has 0 aromatic heterocycles. The number of rotatable bonds is 7. The van der Waals surface area contributed by atoms with Crippen LogP contribution in [0.5, 0.6) is 0 Å². The van der Waals surface area contributed by atoms with Crippen molar-refractivity contribution in [2.24, 2.45) is 0 Å². The average Bonchev–Trinajstić information content (AvgIpc) is 2.43. The summed E-state index contributed by atoms with van der Waals surface area (Å²) in [6, 6.07) is -1.39. The summed E-state index contributed by atoms with van der Waals surface area (Å²) in [4.78, 5) is 24.5. The topological polar surface area (TPSA) is 99.1 Å². The Bertz CT molecular complexity index is 360. The van der Waals surface area contributed by atoms with Gasteiger partial charge in [0.2, 0.25) is 0 Å². The number of aliphatic carboxylic acids is 1. The summed E-state index contributed by atoms with van der Waals surface area (Å²) in [5, 5.41) is 21.9. The lowest BCUT2D eigenvalue weighted by Crippen LogP contribution is -2.52. The Morgan fingerprint density at radius 3 is 2.57 bits per heavy atom. The van der Waals surface area contributed by atoms with E-state index in [9.17, 15) is 14.7 Å². The second-order valence-corrected chi connectivity index (χ2v) is 6.30. The van der Waals surface area contributed by atoms with Gasteiger partial charge < -0.3 is 25.2 Å². The van der Waals surface area contributed by atoms with Crippen LogP contribution in [0.15, 0.2) is 0 Å². The van der Waals surface area contributed by atoms with E-state index in [1.54, 1.807) is 7.05 Å². The molecule has 0 aliphatic carbocycles. The van der Waals surface area contributed by atoms with Crippen LogP contribution in [0.2, 0.25) is 0 Å². The Morgan fingerprint density at radius 1 is 1.43 bits per heavy atom. The zero-order valence-electron chi connectivity index (χ0n) is 12.5. The number of thioether (sulfide) groups is 1. The van der Waals surface area contributed by atoms with Gasteiger partial charge in [0, 0.05) is 33.1 Å². The minimum Gasteiger partial charge on any atom is -0.480 e. The predicted octanol–water partition coefficient (Wildman–Crippen LogP) is 0.376. The summed E-state index contributed by atoms with van der Waals surface area (Å²) in [5.41, 5.74) is -0.956. The van der Waals surface area contributed by atoms with E-state index < -0.39 is 23.6 Å². The third-order valence-electron chi connectivity index (χ3n) is 3.51. The Morgan fingerprint density at radius 2 is 2.05 bits per heavy atom. The van der Waals surface area contributed by atoms with E-state index in [0.717, 1.165) is 0 Å². The molecule has 1 aliphatic rings. The van der Waals surface area contributed by atoms with Crippen molar-refractivity contribution >= 4 is 23.8 Å². The zero-order chi connectivity index (χ0) is 15.9. The van der Waals surface area contributed by atoms with Gasteiger partial charge in [-0.2, -0.15) is 11.8 Å². The van der Waals surface area contributed by atoms with Crippen LogP contribution in [0.4, 0.5) is 4.79 Å². The number of carboxylic acid groups (broad SMARTS) is 1.